The van der Waals surface area contributed by atoms with E-state index in [9.17, 15) is 4.39 Å². The van der Waals surface area contributed by atoms with Crippen LogP contribution in [0.15, 0.2) is 6.07 Å². The Morgan fingerprint density at radius 1 is 1.64 bits per heavy atom. The average Bonchev–Trinajstić information content (AvgIpc) is 2.72. The van der Waals surface area contributed by atoms with Gasteiger partial charge in [0.15, 0.2) is 0 Å². The molecule has 1 aliphatic rings. The standard InChI is InChI=1S/C10H16FN3/c1-7-5-8(14-13-7)6-12-10-4-2-3-9(10)11/h5,9-10,12H,2-4,6H2,1H3,(H,13,14)/t9-,10+/m1/s1. The highest BCUT2D eigenvalue weighted by molar-refractivity contribution is 5.06. The fourth-order valence-electron chi connectivity index (χ4n) is 1.95. The molecule has 0 spiro atoms. The van der Waals surface area contributed by atoms with Crippen LogP contribution in [-0.2, 0) is 6.54 Å². The molecule has 1 aromatic rings. The largest absolute Gasteiger partial charge is 0.305 e. The molecule has 14 heavy (non-hydrogen) atoms. The van der Waals surface area contributed by atoms with Gasteiger partial charge in [0.2, 0.25) is 0 Å². The lowest BCUT2D eigenvalue weighted by atomic mass is 10.2. The Labute approximate surface area is 83.1 Å². The van der Waals surface area contributed by atoms with Gasteiger partial charge in [0, 0.05) is 18.3 Å². The predicted molar refractivity (Wildman–Crippen MR) is 52.7 cm³/mol. The van der Waals surface area contributed by atoms with E-state index in [1.807, 2.05) is 13.0 Å². The molecule has 1 heterocycles. The molecule has 0 amide bonds. The lowest BCUT2D eigenvalue weighted by molar-refractivity contribution is 0.278. The number of aryl methyl sites for hydroxylation is 1. The molecule has 1 aromatic heterocycles. The molecule has 78 valence electrons. The van der Waals surface area contributed by atoms with Gasteiger partial charge in [-0.1, -0.05) is 0 Å². The third-order valence-corrected chi connectivity index (χ3v) is 2.74. The summed E-state index contributed by atoms with van der Waals surface area (Å²) < 4.78 is 13.2. The first kappa shape index (κ1) is 9.65. The minimum Gasteiger partial charge on any atom is -0.305 e. The number of hydrogen-bond donors (Lipinski definition) is 2. The fourth-order valence-corrected chi connectivity index (χ4v) is 1.95. The van der Waals surface area contributed by atoms with Crippen molar-refractivity contribution in [3.05, 3.63) is 17.5 Å². The van der Waals surface area contributed by atoms with Crippen LogP contribution >= 0.6 is 0 Å². The zero-order valence-corrected chi connectivity index (χ0v) is 8.39. The zero-order chi connectivity index (χ0) is 9.97. The molecule has 3 nitrogen and oxygen atoms in total. The Balaban J connectivity index is 1.82. The van der Waals surface area contributed by atoms with Crippen LogP contribution in [0.3, 0.4) is 0 Å². The Morgan fingerprint density at radius 2 is 2.50 bits per heavy atom. The number of aromatic nitrogens is 2. The van der Waals surface area contributed by atoms with Gasteiger partial charge in [0.05, 0.1) is 5.69 Å². The van der Waals surface area contributed by atoms with Crippen molar-refractivity contribution in [2.24, 2.45) is 0 Å². The van der Waals surface area contributed by atoms with Crippen molar-refractivity contribution in [3.63, 3.8) is 0 Å². The molecule has 1 aliphatic carbocycles. The monoisotopic (exact) mass is 197 g/mol. The van der Waals surface area contributed by atoms with E-state index in [4.69, 9.17) is 0 Å². The van der Waals surface area contributed by atoms with Gasteiger partial charge < -0.3 is 5.32 Å². The number of hydrogen-bond acceptors (Lipinski definition) is 2. The molecule has 0 radical (unpaired) electrons. The lowest BCUT2D eigenvalue weighted by Crippen LogP contribution is -2.32. The molecule has 1 fully saturated rings. The highest BCUT2D eigenvalue weighted by Gasteiger charge is 2.26. The zero-order valence-electron chi connectivity index (χ0n) is 8.39. The number of rotatable bonds is 3. The molecule has 2 N–H and O–H groups in total. The van der Waals surface area contributed by atoms with Crippen molar-refractivity contribution < 1.29 is 4.39 Å². The van der Waals surface area contributed by atoms with Crippen molar-refractivity contribution in [2.45, 2.75) is 44.9 Å². The highest BCUT2D eigenvalue weighted by atomic mass is 19.1. The number of nitrogens with one attached hydrogen (secondary N) is 2. The topological polar surface area (TPSA) is 40.7 Å². The summed E-state index contributed by atoms with van der Waals surface area (Å²) in [7, 11) is 0. The second kappa shape index (κ2) is 4.09. The molecule has 2 atom stereocenters. The van der Waals surface area contributed by atoms with Gasteiger partial charge in [-0.2, -0.15) is 5.10 Å². The van der Waals surface area contributed by atoms with Crippen LogP contribution in [0.25, 0.3) is 0 Å². The van der Waals surface area contributed by atoms with E-state index in [2.05, 4.69) is 15.5 Å². The lowest BCUT2D eigenvalue weighted by Gasteiger charge is -2.13. The van der Waals surface area contributed by atoms with Gasteiger partial charge in [0.25, 0.3) is 0 Å². The Kier molecular flexibility index (Phi) is 2.82. The minimum absolute atomic E-state index is 0.0343. The van der Waals surface area contributed by atoms with Gasteiger partial charge >= 0.3 is 0 Å². The van der Waals surface area contributed by atoms with E-state index in [1.165, 1.54) is 0 Å². The smallest absolute Gasteiger partial charge is 0.115 e. The summed E-state index contributed by atoms with van der Waals surface area (Å²) in [5.41, 5.74) is 2.01. The number of H-pyrrole nitrogens is 1. The predicted octanol–water partition coefficient (Wildman–Crippen LogP) is 1.70. The molecular weight excluding hydrogens is 181 g/mol. The van der Waals surface area contributed by atoms with Crippen molar-refractivity contribution in [1.82, 2.24) is 15.5 Å². The van der Waals surface area contributed by atoms with Crippen LogP contribution < -0.4 is 5.32 Å². The average molecular weight is 197 g/mol. The Bertz CT molecular complexity index is 297. The van der Waals surface area contributed by atoms with Crippen LogP contribution in [0.5, 0.6) is 0 Å². The number of aromatic amines is 1. The van der Waals surface area contributed by atoms with Crippen LogP contribution in [0.1, 0.15) is 30.7 Å². The first-order valence-corrected chi connectivity index (χ1v) is 5.14. The molecule has 2 rings (SSSR count). The second-order valence-corrected chi connectivity index (χ2v) is 3.98. The first-order chi connectivity index (χ1) is 6.75. The van der Waals surface area contributed by atoms with E-state index >= 15 is 0 Å². The molecule has 4 heteroatoms. The third kappa shape index (κ3) is 2.12. The van der Waals surface area contributed by atoms with Crippen LogP contribution in [0.4, 0.5) is 4.39 Å². The van der Waals surface area contributed by atoms with E-state index in [1.54, 1.807) is 0 Å². The van der Waals surface area contributed by atoms with Crippen LogP contribution in [-0.4, -0.2) is 22.4 Å². The molecule has 0 bridgehead atoms. The molecule has 0 unspecified atom stereocenters. The molecule has 0 aliphatic heterocycles. The summed E-state index contributed by atoms with van der Waals surface area (Å²) in [6.45, 7) is 2.62. The molecule has 0 aromatic carbocycles. The highest BCUT2D eigenvalue weighted by Crippen LogP contribution is 2.22. The van der Waals surface area contributed by atoms with Gasteiger partial charge in [-0.3, -0.25) is 5.10 Å². The van der Waals surface area contributed by atoms with Crippen molar-refractivity contribution in [2.75, 3.05) is 0 Å². The number of halogens is 1. The van der Waals surface area contributed by atoms with E-state index in [0.717, 1.165) is 24.2 Å². The van der Waals surface area contributed by atoms with Gasteiger partial charge in [-0.15, -0.1) is 0 Å². The summed E-state index contributed by atoms with van der Waals surface area (Å²) in [5, 5.41) is 10.2. The number of alkyl halides is 1. The maximum atomic E-state index is 13.2. The SMILES string of the molecule is Cc1cc(CN[C@H]2CCC[C@H]2F)n[nH]1. The normalized spacial score (nSPS) is 27.0. The molecule has 1 saturated carbocycles. The van der Waals surface area contributed by atoms with Crippen LogP contribution in [0.2, 0.25) is 0 Å². The summed E-state index contributed by atoms with van der Waals surface area (Å²) in [5.74, 6) is 0. The van der Waals surface area contributed by atoms with E-state index in [0.29, 0.717) is 13.0 Å². The Hall–Kier alpha value is -0.900. The van der Waals surface area contributed by atoms with Gasteiger partial charge in [-0.25, -0.2) is 4.39 Å². The maximum absolute atomic E-state index is 13.2. The minimum atomic E-state index is -0.671. The van der Waals surface area contributed by atoms with E-state index in [-0.39, 0.29) is 6.04 Å². The summed E-state index contributed by atoms with van der Waals surface area (Å²) in [6, 6.07) is 2.02. The number of nitrogens with zero attached hydrogens (tertiary/aromatic N) is 1. The fraction of sp³-hybridized carbons (Fsp3) is 0.700. The van der Waals surface area contributed by atoms with E-state index < -0.39 is 6.17 Å². The summed E-state index contributed by atoms with van der Waals surface area (Å²) in [6.07, 6.45) is 1.98. The Morgan fingerprint density at radius 3 is 3.07 bits per heavy atom. The van der Waals surface area contributed by atoms with Gasteiger partial charge in [0.1, 0.15) is 6.17 Å². The quantitative estimate of drug-likeness (QED) is 0.774. The first-order valence-electron chi connectivity index (χ1n) is 5.14. The summed E-state index contributed by atoms with van der Waals surface area (Å²) >= 11 is 0. The second-order valence-electron chi connectivity index (χ2n) is 3.98. The van der Waals surface area contributed by atoms with Crippen molar-refractivity contribution in [1.29, 1.82) is 0 Å². The molecule has 0 saturated heterocycles. The molecular formula is C10H16FN3. The third-order valence-electron chi connectivity index (χ3n) is 2.74. The van der Waals surface area contributed by atoms with Gasteiger partial charge in [-0.05, 0) is 32.3 Å². The summed E-state index contributed by atoms with van der Waals surface area (Å²) in [4.78, 5) is 0. The van der Waals surface area contributed by atoms with Crippen LogP contribution in [0, 0.1) is 6.92 Å². The van der Waals surface area contributed by atoms with Crippen molar-refractivity contribution >= 4 is 0 Å². The van der Waals surface area contributed by atoms with Crippen molar-refractivity contribution in [3.8, 4) is 0 Å². The maximum Gasteiger partial charge on any atom is 0.115 e.